The Bertz CT molecular complexity index is 2880. The second kappa shape index (κ2) is 31.5. The highest BCUT2D eigenvalue weighted by Crippen LogP contribution is 2.38. The lowest BCUT2D eigenvalue weighted by atomic mass is 9.77. The molecule has 8 atom stereocenters. The molecule has 454 valence electrons. The number of nitrogens with one attached hydrogen (secondary N) is 6. The summed E-state index contributed by atoms with van der Waals surface area (Å²) in [6, 6.07) is 39.9. The first-order chi connectivity index (χ1) is 40.5. The molecule has 5 aromatic rings. The quantitative estimate of drug-likeness (QED) is 0.0143. The topological polar surface area (TPSA) is 257 Å². The predicted octanol–water partition coefficient (Wildman–Crippen LogP) is 8.08. The van der Waals surface area contributed by atoms with E-state index in [4.69, 9.17) is 14.2 Å². The van der Waals surface area contributed by atoms with E-state index in [9.17, 15) is 38.7 Å². The van der Waals surface area contributed by atoms with Gasteiger partial charge < -0.3 is 51.2 Å². The van der Waals surface area contributed by atoms with Crippen molar-refractivity contribution >= 4 is 47.6 Å². The molecule has 0 bridgehead atoms. The molecule has 0 unspecified atom stereocenters. The molecule has 0 aliphatic heterocycles. The Morgan fingerprint density at radius 2 is 1.07 bits per heavy atom. The van der Waals surface area contributed by atoms with Crippen molar-refractivity contribution in [2.45, 2.75) is 161 Å². The van der Waals surface area contributed by atoms with Crippen molar-refractivity contribution in [3.8, 4) is 0 Å². The number of hydrogen-bond donors (Lipinski definition) is 7. The van der Waals surface area contributed by atoms with E-state index in [0.717, 1.165) is 22.3 Å². The molecule has 0 saturated heterocycles. The number of esters is 2. The molecule has 18 nitrogen and oxygen atoms in total. The molecule has 6 rings (SSSR count). The molecule has 1 saturated carbocycles. The highest BCUT2D eigenvalue weighted by molar-refractivity contribution is 5.95. The van der Waals surface area contributed by atoms with Gasteiger partial charge in [0.25, 0.3) is 0 Å². The molecule has 0 spiro atoms. The molecule has 5 aromatic carbocycles. The fraction of sp³-hybridized carbons (Fsp3) is 0.433. The van der Waals surface area contributed by atoms with Crippen LogP contribution in [0.4, 0.5) is 4.79 Å². The van der Waals surface area contributed by atoms with Gasteiger partial charge >= 0.3 is 18.0 Å². The first-order valence-electron chi connectivity index (χ1n) is 29.3. The summed E-state index contributed by atoms with van der Waals surface area (Å²) in [5, 5.41) is 29.5. The maximum Gasteiger partial charge on any atom is 0.408 e. The van der Waals surface area contributed by atoms with E-state index in [1.54, 1.807) is 58.9 Å². The Hall–Kier alpha value is -8.38. The van der Waals surface area contributed by atoms with Gasteiger partial charge in [0, 0.05) is 12.3 Å². The third-order valence-corrected chi connectivity index (χ3v) is 14.9. The molecule has 1 fully saturated rings. The van der Waals surface area contributed by atoms with Crippen LogP contribution < -0.4 is 31.9 Å². The van der Waals surface area contributed by atoms with Crippen LogP contribution in [-0.4, -0.2) is 94.6 Å². The van der Waals surface area contributed by atoms with Crippen molar-refractivity contribution in [3.63, 3.8) is 0 Å². The summed E-state index contributed by atoms with van der Waals surface area (Å²) in [4.78, 5) is 112. The van der Waals surface area contributed by atoms with Gasteiger partial charge in [0.2, 0.25) is 29.5 Å². The second-order valence-electron chi connectivity index (χ2n) is 23.5. The van der Waals surface area contributed by atoms with Crippen molar-refractivity contribution in [2.75, 3.05) is 0 Å². The summed E-state index contributed by atoms with van der Waals surface area (Å²) in [5.41, 5.74) is 1.46. The molecule has 1 aliphatic carbocycles. The number of carbonyl (C=O) groups excluding carboxylic acids is 8. The fourth-order valence-electron chi connectivity index (χ4n) is 10.6. The van der Waals surface area contributed by atoms with Gasteiger partial charge in [-0.2, -0.15) is 0 Å². The van der Waals surface area contributed by atoms with E-state index < -0.39 is 119 Å². The summed E-state index contributed by atoms with van der Waals surface area (Å²) >= 11 is 0. The normalized spacial score (nSPS) is 16.3. The van der Waals surface area contributed by atoms with Gasteiger partial charge in [0.1, 0.15) is 48.5 Å². The van der Waals surface area contributed by atoms with Crippen LogP contribution in [0.5, 0.6) is 0 Å². The molecular formula is C67H84N6O12. The average molecular weight is 1170 g/mol. The minimum atomic E-state index is -1.57. The van der Waals surface area contributed by atoms with Crippen LogP contribution in [0, 0.1) is 23.7 Å². The Labute approximate surface area is 499 Å². The largest absolute Gasteiger partial charge is 0.461 e. The Morgan fingerprint density at radius 3 is 1.56 bits per heavy atom. The fourth-order valence-corrected chi connectivity index (χ4v) is 10.6. The summed E-state index contributed by atoms with van der Waals surface area (Å²) in [6.07, 6.45) is -1.68. The number of rotatable bonds is 28. The van der Waals surface area contributed by atoms with Gasteiger partial charge in [0.15, 0.2) is 0 Å². The first kappa shape index (κ1) is 65.8. The van der Waals surface area contributed by atoms with E-state index in [-0.39, 0.29) is 38.4 Å². The van der Waals surface area contributed by atoms with Crippen molar-refractivity contribution in [1.82, 2.24) is 31.9 Å². The third-order valence-electron chi connectivity index (χ3n) is 14.9. The number of carbonyl (C=O) groups is 8. The van der Waals surface area contributed by atoms with Gasteiger partial charge in [-0.3, -0.25) is 28.8 Å². The Kier molecular flexibility index (Phi) is 24.4. The maximum absolute atomic E-state index is 15.1. The summed E-state index contributed by atoms with van der Waals surface area (Å²) in [7, 11) is 0. The van der Waals surface area contributed by atoms with Crippen LogP contribution in [0.2, 0.25) is 0 Å². The zero-order valence-corrected chi connectivity index (χ0v) is 50.0. The lowest BCUT2D eigenvalue weighted by Crippen LogP contribution is -2.59. The molecule has 18 heteroatoms. The van der Waals surface area contributed by atoms with Gasteiger partial charge in [-0.1, -0.05) is 186 Å². The van der Waals surface area contributed by atoms with Crippen molar-refractivity contribution in [3.05, 3.63) is 179 Å². The minimum absolute atomic E-state index is 0.0217. The maximum atomic E-state index is 15.1. The number of amides is 6. The molecule has 0 aromatic heterocycles. The number of alkyl carbamates (subject to hydrolysis) is 1. The average Bonchev–Trinajstić information content (AvgIpc) is 1.81. The van der Waals surface area contributed by atoms with E-state index >= 15 is 4.79 Å². The monoisotopic (exact) mass is 1160 g/mol. The van der Waals surface area contributed by atoms with Gasteiger partial charge in [0.05, 0.1) is 18.6 Å². The number of aliphatic hydroxyl groups excluding tert-OH is 1. The SMILES string of the molecule is CC(C)C[C@H](NC(=O)[C@H](CC(=O)NC(c1ccccc1)(c1ccccc1)c1ccccc1)NC(=O)[C@@H](NC(=O)OC(C)(C)C)C(C)C)[C@@H](O)[C@@H]1CCC[C@H]1C(=O)N[C@@H](C)C(=O)N[C@@H](CCC(=O)OCc1ccccc1)C(=O)OCc1ccccc1. The standard InChI is InChI=1S/C67H84N6O12/c1-43(2)39-54(59(76)51-35-24-36-52(51)61(78)68-45(5)60(77)69-53(64(81)84-42-47-27-16-10-17-28-47)37-38-57(75)83-41-46-25-14-9-15-26-46)70-62(79)55(71-63(80)58(44(3)4)72-65(82)85-66(6,7)8)40-56(74)73-67(48-29-18-11-19-30-48,49-31-20-12-21-32-49)50-33-22-13-23-34-50/h9-23,25-34,43-45,51-55,58-59,76H,24,35-42H2,1-8H3,(H,68,78)(H,69,77)(H,70,79)(H,71,80)(H,72,82)(H,73,74)/t45-,51+,52+,53-,54-,55-,58-,59-/m0/s1. The van der Waals surface area contributed by atoms with E-state index in [1.165, 1.54) is 6.92 Å². The third kappa shape index (κ3) is 19.6. The van der Waals surface area contributed by atoms with Crippen LogP contribution in [0.25, 0.3) is 0 Å². The first-order valence-corrected chi connectivity index (χ1v) is 29.3. The molecule has 6 amide bonds. The lowest BCUT2D eigenvalue weighted by Gasteiger charge is -2.37. The molecule has 7 N–H and O–H groups in total. The van der Waals surface area contributed by atoms with Crippen molar-refractivity contribution in [1.29, 1.82) is 0 Å². The lowest BCUT2D eigenvalue weighted by molar-refractivity contribution is -0.150. The van der Waals surface area contributed by atoms with E-state index in [0.29, 0.717) is 24.8 Å². The van der Waals surface area contributed by atoms with E-state index in [2.05, 4.69) is 31.9 Å². The van der Waals surface area contributed by atoms with Crippen molar-refractivity contribution < 1.29 is 57.7 Å². The predicted molar refractivity (Wildman–Crippen MR) is 321 cm³/mol. The zero-order valence-electron chi connectivity index (χ0n) is 50.0. The molecule has 0 radical (unpaired) electrons. The van der Waals surface area contributed by atoms with Crippen LogP contribution in [0.15, 0.2) is 152 Å². The van der Waals surface area contributed by atoms with Crippen LogP contribution in [0.3, 0.4) is 0 Å². The van der Waals surface area contributed by atoms with Crippen LogP contribution >= 0.6 is 0 Å². The molecule has 0 heterocycles. The molecule has 85 heavy (non-hydrogen) atoms. The van der Waals surface area contributed by atoms with Crippen molar-refractivity contribution in [2.24, 2.45) is 23.7 Å². The number of benzene rings is 5. The van der Waals surface area contributed by atoms with Gasteiger partial charge in [-0.05, 0) is 98.9 Å². The second-order valence-corrected chi connectivity index (χ2v) is 23.5. The van der Waals surface area contributed by atoms with Gasteiger partial charge in [-0.15, -0.1) is 0 Å². The zero-order chi connectivity index (χ0) is 61.7. The Morgan fingerprint density at radius 1 is 0.576 bits per heavy atom. The van der Waals surface area contributed by atoms with Gasteiger partial charge in [-0.25, -0.2) is 9.59 Å². The number of ether oxygens (including phenoxy) is 3. The number of hydrogen-bond acceptors (Lipinski definition) is 12. The summed E-state index contributed by atoms with van der Waals surface area (Å²) in [6.45, 7) is 13.7. The Balaban J connectivity index is 1.21. The highest BCUT2D eigenvalue weighted by Gasteiger charge is 2.44. The summed E-state index contributed by atoms with van der Waals surface area (Å²) < 4.78 is 16.5. The minimum Gasteiger partial charge on any atom is -0.461 e. The molecular weight excluding hydrogens is 1080 g/mol. The molecule has 1 aliphatic rings. The van der Waals surface area contributed by atoms with Crippen LogP contribution in [-0.2, 0) is 66.5 Å². The highest BCUT2D eigenvalue weighted by atomic mass is 16.6. The number of aliphatic hydroxyl groups is 1. The summed E-state index contributed by atoms with van der Waals surface area (Å²) in [5.74, 6) is -7.00. The van der Waals surface area contributed by atoms with Crippen LogP contribution in [0.1, 0.15) is 128 Å². The smallest absolute Gasteiger partial charge is 0.408 e. The van der Waals surface area contributed by atoms with E-state index in [1.807, 2.05) is 141 Å².